The molecule has 2 rings (SSSR count). The van der Waals surface area contributed by atoms with Gasteiger partial charge in [0, 0.05) is 29.2 Å². The predicted molar refractivity (Wildman–Crippen MR) is 82.6 cm³/mol. The molecular weight excluding hydrogens is 250 g/mol. The van der Waals surface area contributed by atoms with Gasteiger partial charge in [-0.15, -0.1) is 11.8 Å². The molecule has 0 fully saturated rings. The van der Waals surface area contributed by atoms with E-state index in [-0.39, 0.29) is 0 Å². The molecule has 1 nitrogen and oxygen atoms in total. The summed E-state index contributed by atoms with van der Waals surface area (Å²) in [6.07, 6.45) is 3.21. The van der Waals surface area contributed by atoms with Crippen LogP contribution in [0.4, 0.5) is 0 Å². The lowest BCUT2D eigenvalue weighted by Gasteiger charge is -2.06. The van der Waals surface area contributed by atoms with Crippen molar-refractivity contribution >= 4 is 11.8 Å². The SMILES string of the molecule is CC(C)c1ccc(SCCc2cccc[n+]2C)cc1. The van der Waals surface area contributed by atoms with Gasteiger partial charge in [-0.25, -0.2) is 4.57 Å². The van der Waals surface area contributed by atoms with Crippen LogP contribution in [0.25, 0.3) is 0 Å². The molecule has 0 aliphatic heterocycles. The molecule has 0 spiro atoms. The third-order valence-corrected chi connectivity index (χ3v) is 4.35. The van der Waals surface area contributed by atoms with E-state index in [1.165, 1.54) is 16.2 Å². The summed E-state index contributed by atoms with van der Waals surface area (Å²) in [7, 11) is 2.11. The number of rotatable bonds is 5. The van der Waals surface area contributed by atoms with Gasteiger partial charge in [0.1, 0.15) is 7.05 Å². The average Bonchev–Trinajstić information content (AvgIpc) is 2.41. The van der Waals surface area contributed by atoms with Gasteiger partial charge in [-0.2, -0.15) is 0 Å². The maximum absolute atomic E-state index is 2.25. The summed E-state index contributed by atoms with van der Waals surface area (Å²) in [6.45, 7) is 4.47. The van der Waals surface area contributed by atoms with Gasteiger partial charge in [0.25, 0.3) is 0 Å². The molecule has 1 aromatic heterocycles. The lowest BCUT2D eigenvalue weighted by molar-refractivity contribution is -0.679. The lowest BCUT2D eigenvalue weighted by Crippen LogP contribution is -2.32. The maximum Gasteiger partial charge on any atom is 0.181 e. The molecule has 19 heavy (non-hydrogen) atoms. The van der Waals surface area contributed by atoms with Crippen LogP contribution in [-0.4, -0.2) is 5.75 Å². The number of aromatic nitrogens is 1. The summed E-state index contributed by atoms with van der Waals surface area (Å²) in [5, 5.41) is 0. The van der Waals surface area contributed by atoms with Gasteiger partial charge in [0.2, 0.25) is 0 Å². The van der Waals surface area contributed by atoms with E-state index in [2.05, 4.69) is 74.1 Å². The highest BCUT2D eigenvalue weighted by atomic mass is 32.2. The van der Waals surface area contributed by atoms with Crippen LogP contribution in [0.2, 0.25) is 0 Å². The van der Waals surface area contributed by atoms with Crippen molar-refractivity contribution in [2.45, 2.75) is 31.1 Å². The number of pyridine rings is 1. The molecular formula is C17H22NS+. The normalized spacial score (nSPS) is 10.9. The number of nitrogens with zero attached hydrogens (tertiary/aromatic N) is 1. The molecule has 0 atom stereocenters. The van der Waals surface area contributed by atoms with Crippen LogP contribution in [0.15, 0.2) is 53.6 Å². The van der Waals surface area contributed by atoms with Crippen molar-refractivity contribution in [2.24, 2.45) is 7.05 Å². The first kappa shape index (κ1) is 14.1. The summed E-state index contributed by atoms with van der Waals surface area (Å²) in [6, 6.07) is 15.3. The fraction of sp³-hybridized carbons (Fsp3) is 0.353. The van der Waals surface area contributed by atoms with Crippen LogP contribution in [0.5, 0.6) is 0 Å². The Balaban J connectivity index is 1.87. The molecule has 100 valence electrons. The van der Waals surface area contributed by atoms with Crippen molar-refractivity contribution in [3.8, 4) is 0 Å². The molecule has 0 amide bonds. The molecule has 0 N–H and O–H groups in total. The lowest BCUT2D eigenvalue weighted by atomic mass is 10.0. The summed E-state index contributed by atoms with van der Waals surface area (Å²) in [5.74, 6) is 1.74. The highest BCUT2D eigenvalue weighted by Crippen LogP contribution is 2.22. The Labute approximate surface area is 120 Å². The van der Waals surface area contributed by atoms with Crippen LogP contribution in [0.1, 0.15) is 31.0 Å². The van der Waals surface area contributed by atoms with Gasteiger partial charge in [0.05, 0.1) is 0 Å². The van der Waals surface area contributed by atoms with E-state index >= 15 is 0 Å². The fourth-order valence-corrected chi connectivity index (χ4v) is 2.92. The Kier molecular flexibility index (Phi) is 5.03. The van der Waals surface area contributed by atoms with E-state index in [9.17, 15) is 0 Å². The molecule has 2 heteroatoms. The zero-order valence-corrected chi connectivity index (χ0v) is 12.8. The summed E-state index contributed by atoms with van der Waals surface area (Å²) >= 11 is 1.93. The second-order valence-electron chi connectivity index (χ2n) is 5.13. The van der Waals surface area contributed by atoms with Gasteiger partial charge in [-0.1, -0.05) is 32.0 Å². The summed E-state index contributed by atoms with van der Waals surface area (Å²) < 4.78 is 2.20. The van der Waals surface area contributed by atoms with Gasteiger partial charge < -0.3 is 0 Å². The van der Waals surface area contributed by atoms with Gasteiger partial charge in [-0.3, -0.25) is 0 Å². The van der Waals surface area contributed by atoms with Crippen LogP contribution >= 0.6 is 11.8 Å². The van der Waals surface area contributed by atoms with Crippen molar-refractivity contribution < 1.29 is 4.57 Å². The number of thioether (sulfide) groups is 1. The minimum atomic E-state index is 0.613. The minimum Gasteiger partial charge on any atom is -0.205 e. The van der Waals surface area contributed by atoms with E-state index in [4.69, 9.17) is 0 Å². The highest BCUT2D eigenvalue weighted by Gasteiger charge is 2.05. The molecule has 1 aromatic carbocycles. The van der Waals surface area contributed by atoms with Crippen molar-refractivity contribution in [1.82, 2.24) is 0 Å². The second-order valence-corrected chi connectivity index (χ2v) is 6.29. The largest absolute Gasteiger partial charge is 0.205 e. The molecule has 0 bridgehead atoms. The second kappa shape index (κ2) is 6.76. The van der Waals surface area contributed by atoms with Crippen molar-refractivity contribution in [2.75, 3.05) is 5.75 Å². The first-order valence-corrected chi connectivity index (χ1v) is 7.81. The van der Waals surface area contributed by atoms with E-state index in [0.29, 0.717) is 5.92 Å². The molecule has 0 unspecified atom stereocenters. The average molecular weight is 272 g/mol. The van der Waals surface area contributed by atoms with Crippen LogP contribution < -0.4 is 4.57 Å². The maximum atomic E-state index is 2.25. The standard InChI is InChI=1S/C17H22NS/c1-14(2)15-7-9-17(10-8-15)19-13-11-16-6-4-5-12-18(16)3/h4-10,12,14H,11,13H2,1-3H3/q+1. The third-order valence-electron chi connectivity index (χ3n) is 3.34. The summed E-state index contributed by atoms with van der Waals surface area (Å²) in [4.78, 5) is 1.36. The zero-order chi connectivity index (χ0) is 13.7. The number of aryl methyl sites for hydroxylation is 2. The molecule has 1 heterocycles. The molecule has 0 radical (unpaired) electrons. The Bertz CT molecular complexity index is 517. The predicted octanol–water partition coefficient (Wildman–Crippen LogP) is 3.97. The first-order chi connectivity index (χ1) is 9.16. The van der Waals surface area contributed by atoms with E-state index < -0.39 is 0 Å². The summed E-state index contributed by atoms with van der Waals surface area (Å²) in [5.41, 5.74) is 2.80. The molecule has 2 aromatic rings. The zero-order valence-electron chi connectivity index (χ0n) is 12.0. The molecule has 0 saturated heterocycles. The molecule has 0 saturated carbocycles. The number of hydrogen-bond acceptors (Lipinski definition) is 1. The van der Waals surface area contributed by atoms with E-state index in [1.54, 1.807) is 0 Å². The van der Waals surface area contributed by atoms with E-state index in [1.807, 2.05) is 11.8 Å². The topological polar surface area (TPSA) is 3.88 Å². The highest BCUT2D eigenvalue weighted by molar-refractivity contribution is 7.99. The Morgan fingerprint density at radius 1 is 1.05 bits per heavy atom. The van der Waals surface area contributed by atoms with Gasteiger partial charge >= 0.3 is 0 Å². The van der Waals surface area contributed by atoms with Crippen LogP contribution in [-0.2, 0) is 13.5 Å². The monoisotopic (exact) mass is 272 g/mol. The Hall–Kier alpha value is -1.28. The molecule has 0 aliphatic rings. The quantitative estimate of drug-likeness (QED) is 0.588. The smallest absolute Gasteiger partial charge is 0.181 e. The first-order valence-electron chi connectivity index (χ1n) is 6.83. The molecule has 0 aliphatic carbocycles. The van der Waals surface area contributed by atoms with Gasteiger partial charge in [-0.05, 0) is 23.6 Å². The van der Waals surface area contributed by atoms with Gasteiger partial charge in [0.15, 0.2) is 11.9 Å². The Morgan fingerprint density at radius 3 is 2.42 bits per heavy atom. The van der Waals surface area contributed by atoms with Crippen molar-refractivity contribution in [3.05, 3.63) is 59.9 Å². The van der Waals surface area contributed by atoms with Crippen LogP contribution in [0, 0.1) is 0 Å². The van der Waals surface area contributed by atoms with Crippen molar-refractivity contribution in [1.29, 1.82) is 0 Å². The van der Waals surface area contributed by atoms with Crippen molar-refractivity contribution in [3.63, 3.8) is 0 Å². The van der Waals surface area contributed by atoms with E-state index in [0.717, 1.165) is 12.2 Å². The number of hydrogen-bond donors (Lipinski definition) is 0. The minimum absolute atomic E-state index is 0.613. The Morgan fingerprint density at radius 2 is 1.79 bits per heavy atom. The third kappa shape index (κ3) is 4.10. The van der Waals surface area contributed by atoms with Crippen LogP contribution in [0.3, 0.4) is 0 Å². The number of benzene rings is 1. The fourth-order valence-electron chi connectivity index (χ4n) is 2.04.